The highest BCUT2D eigenvalue weighted by Gasteiger charge is 2.26. The molecule has 1 aliphatic carbocycles. The van der Waals surface area contributed by atoms with Gasteiger partial charge in [-0.2, -0.15) is 0 Å². The first-order chi connectivity index (χ1) is 7.06. The second-order valence-corrected chi connectivity index (χ2v) is 3.82. The SMILES string of the molecule is NC1CC(Nc2cc(F)c(F)cc2F)C1. The molecule has 0 heterocycles. The molecular weight excluding hydrogens is 205 g/mol. The van der Waals surface area contributed by atoms with Crippen molar-refractivity contribution in [3.63, 3.8) is 0 Å². The van der Waals surface area contributed by atoms with Crippen LogP contribution >= 0.6 is 0 Å². The van der Waals surface area contributed by atoms with Crippen LogP contribution in [0.5, 0.6) is 0 Å². The summed E-state index contributed by atoms with van der Waals surface area (Å²) in [6.45, 7) is 0. The maximum Gasteiger partial charge on any atom is 0.161 e. The summed E-state index contributed by atoms with van der Waals surface area (Å²) in [5.41, 5.74) is 5.54. The third kappa shape index (κ3) is 2.07. The van der Waals surface area contributed by atoms with Crippen LogP contribution in [0.4, 0.5) is 18.9 Å². The topological polar surface area (TPSA) is 38.0 Å². The second-order valence-electron chi connectivity index (χ2n) is 3.82. The van der Waals surface area contributed by atoms with E-state index in [9.17, 15) is 13.2 Å². The molecule has 2 nitrogen and oxygen atoms in total. The van der Waals surface area contributed by atoms with Crippen LogP contribution in [0.1, 0.15) is 12.8 Å². The van der Waals surface area contributed by atoms with Gasteiger partial charge >= 0.3 is 0 Å². The van der Waals surface area contributed by atoms with Crippen LogP contribution in [0.15, 0.2) is 12.1 Å². The number of rotatable bonds is 2. The fourth-order valence-electron chi connectivity index (χ4n) is 1.63. The normalized spacial score (nSPS) is 24.8. The lowest BCUT2D eigenvalue weighted by Crippen LogP contribution is -2.44. The maximum atomic E-state index is 13.1. The molecule has 0 radical (unpaired) electrons. The molecule has 0 bridgehead atoms. The Labute approximate surface area is 85.3 Å². The van der Waals surface area contributed by atoms with E-state index in [2.05, 4.69) is 5.32 Å². The summed E-state index contributed by atoms with van der Waals surface area (Å²) < 4.78 is 38.5. The number of benzene rings is 1. The Kier molecular flexibility index (Phi) is 2.56. The molecule has 1 saturated carbocycles. The van der Waals surface area contributed by atoms with Gasteiger partial charge < -0.3 is 11.1 Å². The van der Waals surface area contributed by atoms with Gasteiger partial charge in [0.05, 0.1) is 5.69 Å². The van der Waals surface area contributed by atoms with E-state index in [1.54, 1.807) is 0 Å². The Morgan fingerprint density at radius 1 is 1.07 bits per heavy atom. The number of anilines is 1. The summed E-state index contributed by atoms with van der Waals surface area (Å²) in [7, 11) is 0. The van der Waals surface area contributed by atoms with E-state index in [-0.39, 0.29) is 17.8 Å². The van der Waals surface area contributed by atoms with Gasteiger partial charge in [0, 0.05) is 24.2 Å². The largest absolute Gasteiger partial charge is 0.380 e. The van der Waals surface area contributed by atoms with Crippen molar-refractivity contribution < 1.29 is 13.2 Å². The lowest BCUT2D eigenvalue weighted by molar-refractivity contribution is 0.372. The fourth-order valence-corrected chi connectivity index (χ4v) is 1.63. The van der Waals surface area contributed by atoms with Crippen molar-refractivity contribution in [1.82, 2.24) is 0 Å². The number of hydrogen-bond acceptors (Lipinski definition) is 2. The number of halogens is 3. The van der Waals surface area contributed by atoms with Crippen LogP contribution in [-0.2, 0) is 0 Å². The molecule has 1 fully saturated rings. The molecule has 0 saturated heterocycles. The Morgan fingerprint density at radius 3 is 2.27 bits per heavy atom. The van der Waals surface area contributed by atoms with Crippen LogP contribution < -0.4 is 11.1 Å². The van der Waals surface area contributed by atoms with Gasteiger partial charge in [-0.3, -0.25) is 0 Å². The predicted molar refractivity (Wildman–Crippen MR) is 50.9 cm³/mol. The molecule has 1 aliphatic rings. The molecule has 1 aromatic rings. The average Bonchev–Trinajstić information content (AvgIpc) is 2.11. The first-order valence-electron chi connectivity index (χ1n) is 4.73. The summed E-state index contributed by atoms with van der Waals surface area (Å²) in [6, 6.07) is 1.54. The first-order valence-corrected chi connectivity index (χ1v) is 4.73. The molecule has 82 valence electrons. The van der Waals surface area contributed by atoms with Crippen LogP contribution in [0, 0.1) is 17.5 Å². The van der Waals surface area contributed by atoms with Gasteiger partial charge in [0.15, 0.2) is 11.6 Å². The molecule has 0 spiro atoms. The third-order valence-electron chi connectivity index (χ3n) is 2.54. The molecule has 15 heavy (non-hydrogen) atoms. The number of hydrogen-bond donors (Lipinski definition) is 2. The smallest absolute Gasteiger partial charge is 0.161 e. The zero-order valence-corrected chi connectivity index (χ0v) is 7.93. The minimum absolute atomic E-state index is 0.00852. The maximum absolute atomic E-state index is 13.1. The summed E-state index contributed by atoms with van der Waals surface area (Å²) in [4.78, 5) is 0. The number of nitrogens with two attached hydrogens (primary N) is 1. The van der Waals surface area contributed by atoms with E-state index < -0.39 is 17.5 Å². The van der Waals surface area contributed by atoms with Crippen LogP contribution in [0.2, 0.25) is 0 Å². The summed E-state index contributed by atoms with van der Waals surface area (Å²) >= 11 is 0. The third-order valence-corrected chi connectivity index (χ3v) is 2.54. The highest BCUT2D eigenvalue weighted by atomic mass is 19.2. The Balaban J connectivity index is 2.11. The minimum Gasteiger partial charge on any atom is -0.380 e. The van der Waals surface area contributed by atoms with Gasteiger partial charge in [-0.15, -0.1) is 0 Å². The minimum atomic E-state index is -1.18. The quantitative estimate of drug-likeness (QED) is 0.742. The zero-order valence-electron chi connectivity index (χ0n) is 7.93. The monoisotopic (exact) mass is 216 g/mol. The van der Waals surface area contributed by atoms with Gasteiger partial charge in [0.2, 0.25) is 0 Å². The average molecular weight is 216 g/mol. The molecule has 5 heteroatoms. The van der Waals surface area contributed by atoms with Crippen molar-refractivity contribution in [2.24, 2.45) is 5.73 Å². The van der Waals surface area contributed by atoms with Gasteiger partial charge in [-0.05, 0) is 12.8 Å². The first kappa shape index (κ1) is 10.3. The van der Waals surface area contributed by atoms with Crippen molar-refractivity contribution in [3.8, 4) is 0 Å². The predicted octanol–water partition coefficient (Wildman–Crippen LogP) is 2.01. The highest BCUT2D eigenvalue weighted by Crippen LogP contribution is 2.25. The van der Waals surface area contributed by atoms with E-state index >= 15 is 0 Å². The van der Waals surface area contributed by atoms with Crippen molar-refractivity contribution in [1.29, 1.82) is 0 Å². The molecule has 0 amide bonds. The molecule has 1 aromatic carbocycles. The van der Waals surface area contributed by atoms with E-state index in [1.807, 2.05) is 0 Å². The molecule has 0 unspecified atom stereocenters. The fraction of sp³-hybridized carbons (Fsp3) is 0.400. The molecule has 0 atom stereocenters. The Bertz CT molecular complexity index is 375. The standard InChI is InChI=1S/C10H11F3N2/c11-7-3-9(13)10(4-8(7)12)15-6-1-5(14)2-6/h3-6,15H,1-2,14H2. The lowest BCUT2D eigenvalue weighted by Gasteiger charge is -2.33. The molecule has 3 N–H and O–H groups in total. The van der Waals surface area contributed by atoms with Crippen molar-refractivity contribution in [2.75, 3.05) is 5.32 Å². The highest BCUT2D eigenvalue weighted by molar-refractivity contribution is 5.46. The van der Waals surface area contributed by atoms with Crippen LogP contribution in [0.3, 0.4) is 0 Å². The summed E-state index contributed by atoms with van der Waals surface area (Å²) in [5.74, 6) is -3.01. The van der Waals surface area contributed by atoms with Gasteiger partial charge in [-0.25, -0.2) is 13.2 Å². The molecule has 2 rings (SSSR count). The molecular formula is C10H11F3N2. The molecule has 0 aliphatic heterocycles. The number of nitrogens with one attached hydrogen (secondary N) is 1. The Morgan fingerprint density at radius 2 is 1.67 bits per heavy atom. The lowest BCUT2D eigenvalue weighted by atomic mass is 9.87. The summed E-state index contributed by atoms with van der Waals surface area (Å²) in [5, 5.41) is 2.78. The van der Waals surface area contributed by atoms with E-state index in [1.165, 1.54) is 0 Å². The zero-order chi connectivity index (χ0) is 11.0. The van der Waals surface area contributed by atoms with Crippen molar-refractivity contribution in [2.45, 2.75) is 24.9 Å². The van der Waals surface area contributed by atoms with Crippen molar-refractivity contribution >= 4 is 5.69 Å². The summed E-state index contributed by atoms with van der Waals surface area (Å²) in [6.07, 6.45) is 1.44. The van der Waals surface area contributed by atoms with E-state index in [0.717, 1.165) is 18.9 Å². The van der Waals surface area contributed by atoms with E-state index in [0.29, 0.717) is 6.07 Å². The Hall–Kier alpha value is -1.23. The van der Waals surface area contributed by atoms with E-state index in [4.69, 9.17) is 5.73 Å². The second kappa shape index (κ2) is 3.73. The van der Waals surface area contributed by atoms with Gasteiger partial charge in [0.25, 0.3) is 0 Å². The van der Waals surface area contributed by atoms with Gasteiger partial charge in [-0.1, -0.05) is 0 Å². The molecule has 0 aromatic heterocycles. The van der Waals surface area contributed by atoms with Crippen molar-refractivity contribution in [3.05, 3.63) is 29.6 Å². The van der Waals surface area contributed by atoms with Gasteiger partial charge in [0.1, 0.15) is 5.82 Å². The van der Waals surface area contributed by atoms with Crippen LogP contribution in [-0.4, -0.2) is 12.1 Å². The van der Waals surface area contributed by atoms with Crippen LogP contribution in [0.25, 0.3) is 0 Å².